The fourth-order valence-corrected chi connectivity index (χ4v) is 2.51. The number of pyridine rings is 2. The topological polar surface area (TPSA) is 73.3 Å². The van der Waals surface area contributed by atoms with Crippen molar-refractivity contribution in [2.45, 2.75) is 45.3 Å². The zero-order chi connectivity index (χ0) is 18.1. The van der Waals surface area contributed by atoms with Crippen LogP contribution in [0.4, 0.5) is 5.69 Å². The first-order chi connectivity index (χ1) is 11.8. The largest absolute Gasteiger partial charge is 0.514 e. The third kappa shape index (κ3) is 3.88. The summed E-state index contributed by atoms with van der Waals surface area (Å²) >= 11 is 0. The maximum Gasteiger partial charge on any atom is 0.514 e. The van der Waals surface area contributed by atoms with Gasteiger partial charge in [0.2, 0.25) is 5.91 Å². The summed E-state index contributed by atoms with van der Waals surface area (Å²) in [5.74, 6) is -0.112. The highest BCUT2D eigenvalue weighted by Crippen LogP contribution is 2.36. The van der Waals surface area contributed by atoms with Crippen molar-refractivity contribution < 1.29 is 14.1 Å². The Hall–Kier alpha value is -2.25. The van der Waals surface area contributed by atoms with Crippen LogP contribution in [0.1, 0.15) is 33.3 Å². The van der Waals surface area contributed by atoms with E-state index in [1.165, 1.54) is 0 Å². The molecule has 0 aromatic carbocycles. The molecule has 1 N–H and O–H groups in total. The molecule has 130 valence electrons. The van der Waals surface area contributed by atoms with Gasteiger partial charge in [0.25, 0.3) is 0 Å². The van der Waals surface area contributed by atoms with Crippen LogP contribution in [0.3, 0.4) is 0 Å². The van der Waals surface area contributed by atoms with Gasteiger partial charge in [-0.2, -0.15) is 0 Å². The van der Waals surface area contributed by atoms with Crippen LogP contribution in [0.2, 0.25) is 0 Å². The van der Waals surface area contributed by atoms with Crippen LogP contribution in [-0.2, 0) is 20.5 Å². The molecular formula is C18H22BN3O3. The third-order valence-corrected chi connectivity index (χ3v) is 4.65. The van der Waals surface area contributed by atoms with Crippen molar-refractivity contribution in [2.24, 2.45) is 0 Å². The molecule has 3 heterocycles. The second-order valence-corrected chi connectivity index (χ2v) is 7.14. The normalized spacial score (nSPS) is 18.2. The number of nitrogens with zero attached hydrogens (tertiary/aromatic N) is 2. The highest BCUT2D eigenvalue weighted by Gasteiger charge is 2.52. The van der Waals surface area contributed by atoms with Crippen LogP contribution in [0.5, 0.6) is 0 Å². The quantitative estimate of drug-likeness (QED) is 0.862. The summed E-state index contributed by atoms with van der Waals surface area (Å²) in [4.78, 5) is 20.5. The van der Waals surface area contributed by atoms with Crippen LogP contribution in [0.25, 0.3) is 0 Å². The van der Waals surface area contributed by atoms with Crippen LogP contribution in [0, 0.1) is 0 Å². The summed E-state index contributed by atoms with van der Waals surface area (Å²) in [5.41, 5.74) is 1.30. The maximum absolute atomic E-state index is 12.2. The molecule has 25 heavy (non-hydrogen) atoms. The zero-order valence-corrected chi connectivity index (χ0v) is 14.9. The Bertz CT molecular complexity index is 749. The second-order valence-electron chi connectivity index (χ2n) is 7.14. The highest BCUT2D eigenvalue weighted by atomic mass is 16.7. The summed E-state index contributed by atoms with van der Waals surface area (Å²) in [6, 6.07) is 7.21. The smallest absolute Gasteiger partial charge is 0.398 e. The van der Waals surface area contributed by atoms with E-state index in [2.05, 4.69) is 15.3 Å². The molecule has 6 nitrogen and oxygen atoms in total. The number of rotatable bonds is 4. The van der Waals surface area contributed by atoms with Crippen molar-refractivity contribution in [3.63, 3.8) is 0 Å². The van der Waals surface area contributed by atoms with E-state index in [0.29, 0.717) is 11.3 Å². The fourth-order valence-electron chi connectivity index (χ4n) is 2.51. The van der Waals surface area contributed by atoms with E-state index in [4.69, 9.17) is 9.31 Å². The number of hydrogen-bond donors (Lipinski definition) is 1. The first-order valence-corrected chi connectivity index (χ1v) is 8.27. The van der Waals surface area contributed by atoms with Gasteiger partial charge < -0.3 is 14.6 Å². The molecule has 0 bridgehead atoms. The number of amides is 1. The monoisotopic (exact) mass is 339 g/mol. The van der Waals surface area contributed by atoms with Gasteiger partial charge in [-0.15, -0.1) is 0 Å². The minimum absolute atomic E-state index is 0.112. The van der Waals surface area contributed by atoms with Crippen molar-refractivity contribution >= 4 is 24.3 Å². The number of hydrogen-bond acceptors (Lipinski definition) is 5. The number of aromatic nitrogens is 2. The van der Waals surface area contributed by atoms with Crippen LogP contribution >= 0.6 is 0 Å². The molecule has 0 saturated carbocycles. The van der Waals surface area contributed by atoms with Crippen molar-refractivity contribution in [3.05, 3.63) is 48.4 Å². The van der Waals surface area contributed by atoms with Crippen molar-refractivity contribution in [3.8, 4) is 0 Å². The first-order valence-electron chi connectivity index (χ1n) is 8.27. The lowest BCUT2D eigenvalue weighted by atomic mass is 9.84. The Morgan fingerprint density at radius 1 is 1.16 bits per heavy atom. The summed E-state index contributed by atoms with van der Waals surface area (Å²) in [7, 11) is -0.555. The summed E-state index contributed by atoms with van der Waals surface area (Å²) < 4.78 is 12.0. The fraction of sp³-hybridized carbons (Fsp3) is 0.389. The Morgan fingerprint density at radius 3 is 2.52 bits per heavy atom. The van der Waals surface area contributed by atoms with Crippen molar-refractivity contribution in [1.29, 1.82) is 0 Å². The average Bonchev–Trinajstić information content (AvgIpc) is 2.76. The third-order valence-electron chi connectivity index (χ3n) is 4.65. The Kier molecular flexibility index (Phi) is 4.62. The zero-order valence-electron chi connectivity index (χ0n) is 14.9. The lowest BCUT2D eigenvalue weighted by molar-refractivity contribution is -0.115. The molecule has 1 saturated heterocycles. The molecule has 2 aromatic heterocycles. The molecule has 1 aliphatic rings. The number of carbonyl (C=O) groups excluding carboxylic acids is 1. The van der Waals surface area contributed by atoms with Crippen molar-refractivity contribution in [2.75, 3.05) is 5.32 Å². The number of carbonyl (C=O) groups is 1. The molecule has 3 rings (SSSR count). The second kappa shape index (κ2) is 6.57. The molecule has 0 aliphatic carbocycles. The summed E-state index contributed by atoms with van der Waals surface area (Å²) in [6.07, 6.45) is 5.27. The van der Waals surface area contributed by atoms with Gasteiger partial charge in [-0.3, -0.25) is 14.8 Å². The predicted octanol–water partition coefficient (Wildman–Crippen LogP) is 1.96. The van der Waals surface area contributed by atoms with Gasteiger partial charge in [0, 0.05) is 24.3 Å². The Labute approximate surface area is 148 Å². The van der Waals surface area contributed by atoms with E-state index in [0.717, 1.165) is 5.56 Å². The van der Waals surface area contributed by atoms with E-state index in [-0.39, 0.29) is 12.3 Å². The summed E-state index contributed by atoms with van der Waals surface area (Å²) in [5, 5.41) is 2.88. The molecule has 0 radical (unpaired) electrons. The maximum atomic E-state index is 12.2. The highest BCUT2D eigenvalue weighted by molar-refractivity contribution is 6.61. The molecule has 1 aliphatic heterocycles. The molecule has 1 fully saturated rings. The van der Waals surface area contributed by atoms with E-state index in [1.54, 1.807) is 30.7 Å². The predicted molar refractivity (Wildman–Crippen MR) is 96.5 cm³/mol. The van der Waals surface area contributed by atoms with Gasteiger partial charge in [0.15, 0.2) is 0 Å². The van der Waals surface area contributed by atoms with Gasteiger partial charge in [0.05, 0.1) is 23.2 Å². The Balaban J connectivity index is 1.69. The molecule has 0 atom stereocenters. The molecule has 1 amide bonds. The molecule has 0 spiro atoms. The van der Waals surface area contributed by atoms with Crippen LogP contribution in [-0.4, -0.2) is 34.2 Å². The lowest BCUT2D eigenvalue weighted by Gasteiger charge is -2.32. The van der Waals surface area contributed by atoms with E-state index in [1.807, 2.05) is 39.8 Å². The molecule has 0 unspecified atom stereocenters. The molecule has 7 heteroatoms. The van der Waals surface area contributed by atoms with Gasteiger partial charge in [-0.25, -0.2) is 0 Å². The van der Waals surface area contributed by atoms with Crippen LogP contribution < -0.4 is 10.9 Å². The summed E-state index contributed by atoms with van der Waals surface area (Å²) in [6.45, 7) is 7.97. The standard InChI is InChI=1S/C18H22BN3O3/c1-17(2)18(3,4)25-19(24-17)15-11-14(7-9-21-15)22-16(23)10-13-6-5-8-20-12-13/h5-9,11-12H,10H2,1-4H3,(H,21,22,23). The van der Waals surface area contributed by atoms with Gasteiger partial charge >= 0.3 is 7.12 Å². The van der Waals surface area contributed by atoms with Crippen molar-refractivity contribution in [1.82, 2.24) is 9.97 Å². The van der Waals surface area contributed by atoms with Gasteiger partial charge in [-0.05, 0) is 51.5 Å². The minimum atomic E-state index is -0.555. The van der Waals surface area contributed by atoms with E-state index in [9.17, 15) is 4.79 Å². The number of nitrogens with one attached hydrogen (secondary N) is 1. The van der Waals surface area contributed by atoms with E-state index >= 15 is 0 Å². The first kappa shape index (κ1) is 17.6. The SMILES string of the molecule is CC1(C)OB(c2cc(NC(=O)Cc3cccnc3)ccn2)OC1(C)C. The van der Waals surface area contributed by atoms with Gasteiger partial charge in [-0.1, -0.05) is 6.07 Å². The van der Waals surface area contributed by atoms with Gasteiger partial charge in [0.1, 0.15) is 0 Å². The molecular weight excluding hydrogens is 317 g/mol. The van der Waals surface area contributed by atoms with E-state index < -0.39 is 18.3 Å². The minimum Gasteiger partial charge on any atom is -0.398 e. The lowest BCUT2D eigenvalue weighted by Crippen LogP contribution is -2.41. The Morgan fingerprint density at radius 2 is 1.88 bits per heavy atom. The average molecular weight is 339 g/mol. The molecule has 2 aromatic rings. The van der Waals surface area contributed by atoms with Crippen LogP contribution in [0.15, 0.2) is 42.9 Å². The number of anilines is 1.